The molecule has 1 aromatic rings. The third-order valence-corrected chi connectivity index (χ3v) is 3.90. The van der Waals surface area contributed by atoms with E-state index < -0.39 is 0 Å². The summed E-state index contributed by atoms with van der Waals surface area (Å²) in [6.45, 7) is 4.29. The molecule has 18 heavy (non-hydrogen) atoms. The van der Waals surface area contributed by atoms with E-state index in [4.69, 9.17) is 4.74 Å². The number of hydrogen-bond acceptors (Lipinski definition) is 3. The molecule has 0 radical (unpaired) electrons. The van der Waals surface area contributed by atoms with Crippen LogP contribution in [0.3, 0.4) is 0 Å². The molecule has 1 aromatic carbocycles. The third kappa shape index (κ3) is 2.78. The molecule has 0 aliphatic carbocycles. The van der Waals surface area contributed by atoms with Crippen molar-refractivity contribution >= 4 is 5.69 Å². The van der Waals surface area contributed by atoms with Gasteiger partial charge < -0.3 is 15.4 Å². The van der Waals surface area contributed by atoms with Crippen LogP contribution >= 0.6 is 0 Å². The van der Waals surface area contributed by atoms with Crippen molar-refractivity contribution in [2.75, 3.05) is 31.6 Å². The van der Waals surface area contributed by atoms with E-state index >= 15 is 0 Å². The molecule has 2 heterocycles. The highest BCUT2D eigenvalue weighted by molar-refractivity contribution is 5.51. The van der Waals surface area contributed by atoms with Gasteiger partial charge in [-0.3, -0.25) is 0 Å². The molecule has 3 rings (SSSR count). The minimum atomic E-state index is 0.769. The molecule has 3 heteroatoms. The number of fused-ring (bicyclic) bond motifs is 1. The molecule has 3 nitrogen and oxygen atoms in total. The topological polar surface area (TPSA) is 33.3 Å². The van der Waals surface area contributed by atoms with E-state index in [0.29, 0.717) is 0 Å². The number of piperidine rings is 1. The summed E-state index contributed by atoms with van der Waals surface area (Å²) < 4.78 is 5.64. The minimum absolute atomic E-state index is 0.769. The Morgan fingerprint density at radius 3 is 3.22 bits per heavy atom. The lowest BCUT2D eigenvalue weighted by Crippen LogP contribution is -2.33. The molecule has 1 unspecified atom stereocenters. The Labute approximate surface area is 109 Å². The van der Waals surface area contributed by atoms with Gasteiger partial charge in [0.1, 0.15) is 5.75 Å². The molecular formula is C15H22N2O. The maximum atomic E-state index is 5.64. The van der Waals surface area contributed by atoms with E-state index in [1.165, 1.54) is 30.6 Å². The zero-order chi connectivity index (χ0) is 12.2. The Bertz CT molecular complexity index is 399. The highest BCUT2D eigenvalue weighted by atomic mass is 16.5. The SMILES string of the molecule is c1cc2c(cc1NCC1CCCNC1)CCCO2. The number of rotatable bonds is 3. The molecule has 0 amide bonds. The van der Waals surface area contributed by atoms with E-state index in [1.807, 2.05) is 0 Å². The Balaban J connectivity index is 1.58. The second-order valence-corrected chi connectivity index (χ2v) is 5.37. The standard InChI is InChI=1S/C15H22N2O/c1-3-12(10-16-7-1)11-17-14-5-6-15-13(9-14)4-2-8-18-15/h5-6,9,12,16-17H,1-4,7-8,10-11H2. The summed E-state index contributed by atoms with van der Waals surface area (Å²) in [5, 5.41) is 7.03. The van der Waals surface area contributed by atoms with Crippen LogP contribution in [0.1, 0.15) is 24.8 Å². The molecule has 2 aliphatic rings. The Kier molecular flexibility index (Phi) is 3.69. The highest BCUT2D eigenvalue weighted by Gasteiger charge is 2.14. The van der Waals surface area contributed by atoms with Crippen LogP contribution in [0.4, 0.5) is 5.69 Å². The van der Waals surface area contributed by atoms with Gasteiger partial charge in [0.2, 0.25) is 0 Å². The summed E-state index contributed by atoms with van der Waals surface area (Å²) >= 11 is 0. The highest BCUT2D eigenvalue weighted by Crippen LogP contribution is 2.27. The zero-order valence-corrected chi connectivity index (χ0v) is 10.9. The fourth-order valence-electron chi connectivity index (χ4n) is 2.83. The number of ether oxygens (including phenoxy) is 1. The molecule has 0 aromatic heterocycles. The van der Waals surface area contributed by atoms with Crippen molar-refractivity contribution in [2.24, 2.45) is 5.92 Å². The number of anilines is 1. The first kappa shape index (κ1) is 11.8. The van der Waals surface area contributed by atoms with Gasteiger partial charge in [0.05, 0.1) is 6.61 Å². The first-order chi connectivity index (χ1) is 8.92. The van der Waals surface area contributed by atoms with Crippen molar-refractivity contribution in [3.63, 3.8) is 0 Å². The number of hydrogen-bond donors (Lipinski definition) is 2. The van der Waals surface area contributed by atoms with Gasteiger partial charge in [-0.05, 0) is 68.5 Å². The molecule has 1 fully saturated rings. The van der Waals surface area contributed by atoms with Crippen molar-refractivity contribution in [1.29, 1.82) is 0 Å². The van der Waals surface area contributed by atoms with Crippen LogP contribution < -0.4 is 15.4 Å². The van der Waals surface area contributed by atoms with Gasteiger partial charge in [-0.15, -0.1) is 0 Å². The average molecular weight is 246 g/mol. The van der Waals surface area contributed by atoms with Gasteiger partial charge >= 0.3 is 0 Å². The first-order valence-electron chi connectivity index (χ1n) is 7.12. The lowest BCUT2D eigenvalue weighted by Gasteiger charge is -2.24. The molecular weight excluding hydrogens is 224 g/mol. The number of aryl methyl sites for hydroxylation is 1. The summed E-state index contributed by atoms with van der Waals surface area (Å²) in [4.78, 5) is 0. The Hall–Kier alpha value is -1.22. The van der Waals surface area contributed by atoms with Crippen LogP contribution in [0.25, 0.3) is 0 Å². The summed E-state index contributed by atoms with van der Waals surface area (Å²) in [5.74, 6) is 1.84. The maximum absolute atomic E-state index is 5.64. The van der Waals surface area contributed by atoms with E-state index in [9.17, 15) is 0 Å². The lowest BCUT2D eigenvalue weighted by molar-refractivity contribution is 0.288. The van der Waals surface area contributed by atoms with Gasteiger partial charge in [-0.2, -0.15) is 0 Å². The Morgan fingerprint density at radius 1 is 1.33 bits per heavy atom. The monoisotopic (exact) mass is 246 g/mol. The van der Waals surface area contributed by atoms with Crippen LogP contribution in [-0.4, -0.2) is 26.2 Å². The predicted molar refractivity (Wildman–Crippen MR) is 74.3 cm³/mol. The van der Waals surface area contributed by atoms with Gasteiger partial charge in [-0.1, -0.05) is 0 Å². The molecule has 1 saturated heterocycles. The maximum Gasteiger partial charge on any atom is 0.122 e. The molecule has 1 atom stereocenters. The van der Waals surface area contributed by atoms with Gasteiger partial charge in [0, 0.05) is 12.2 Å². The van der Waals surface area contributed by atoms with E-state index in [2.05, 4.69) is 28.8 Å². The fraction of sp³-hybridized carbons (Fsp3) is 0.600. The largest absolute Gasteiger partial charge is 0.493 e. The summed E-state index contributed by atoms with van der Waals surface area (Å²) in [6.07, 6.45) is 4.94. The van der Waals surface area contributed by atoms with E-state index in [-0.39, 0.29) is 0 Å². The third-order valence-electron chi connectivity index (χ3n) is 3.90. The molecule has 2 aliphatic heterocycles. The normalized spacial score (nSPS) is 23.0. The predicted octanol–water partition coefficient (Wildman–Crippen LogP) is 2.42. The fourth-order valence-corrected chi connectivity index (χ4v) is 2.83. The quantitative estimate of drug-likeness (QED) is 0.859. The summed E-state index contributed by atoms with van der Waals surface area (Å²) in [6, 6.07) is 6.50. The lowest BCUT2D eigenvalue weighted by atomic mass is 9.99. The molecule has 98 valence electrons. The van der Waals surface area contributed by atoms with Gasteiger partial charge in [0.15, 0.2) is 0 Å². The Morgan fingerprint density at radius 2 is 2.33 bits per heavy atom. The van der Waals surface area contributed by atoms with Crippen molar-refractivity contribution in [2.45, 2.75) is 25.7 Å². The van der Waals surface area contributed by atoms with Crippen molar-refractivity contribution in [3.05, 3.63) is 23.8 Å². The van der Waals surface area contributed by atoms with E-state index in [1.54, 1.807) is 0 Å². The first-order valence-corrected chi connectivity index (χ1v) is 7.12. The molecule has 0 spiro atoms. The second kappa shape index (κ2) is 5.61. The molecule has 2 N–H and O–H groups in total. The molecule has 0 bridgehead atoms. The van der Waals surface area contributed by atoms with Crippen LogP contribution in [0, 0.1) is 5.92 Å². The van der Waals surface area contributed by atoms with Crippen LogP contribution in [0.2, 0.25) is 0 Å². The number of benzene rings is 1. The summed E-state index contributed by atoms with van der Waals surface area (Å²) in [7, 11) is 0. The van der Waals surface area contributed by atoms with Gasteiger partial charge in [-0.25, -0.2) is 0 Å². The van der Waals surface area contributed by atoms with Crippen LogP contribution in [-0.2, 0) is 6.42 Å². The van der Waals surface area contributed by atoms with Crippen molar-refractivity contribution < 1.29 is 4.74 Å². The van der Waals surface area contributed by atoms with Crippen LogP contribution in [0.5, 0.6) is 5.75 Å². The van der Waals surface area contributed by atoms with E-state index in [0.717, 1.165) is 44.2 Å². The minimum Gasteiger partial charge on any atom is -0.493 e. The number of nitrogens with one attached hydrogen (secondary N) is 2. The second-order valence-electron chi connectivity index (χ2n) is 5.37. The smallest absolute Gasteiger partial charge is 0.122 e. The van der Waals surface area contributed by atoms with Crippen LogP contribution in [0.15, 0.2) is 18.2 Å². The van der Waals surface area contributed by atoms with Crippen molar-refractivity contribution in [1.82, 2.24) is 5.32 Å². The average Bonchev–Trinajstić information content (AvgIpc) is 2.46. The zero-order valence-electron chi connectivity index (χ0n) is 10.9. The summed E-state index contributed by atoms with van der Waals surface area (Å²) in [5.41, 5.74) is 2.60. The van der Waals surface area contributed by atoms with Crippen molar-refractivity contribution in [3.8, 4) is 5.75 Å². The molecule has 0 saturated carbocycles. The van der Waals surface area contributed by atoms with Gasteiger partial charge in [0.25, 0.3) is 0 Å².